The van der Waals surface area contributed by atoms with Gasteiger partial charge in [0.1, 0.15) is 18.0 Å². The van der Waals surface area contributed by atoms with Crippen molar-refractivity contribution in [3.63, 3.8) is 0 Å². The molecule has 2 aromatic rings. The molecule has 2 aromatic carbocycles. The van der Waals surface area contributed by atoms with Gasteiger partial charge >= 0.3 is 16.2 Å². The van der Waals surface area contributed by atoms with Gasteiger partial charge in [0.25, 0.3) is 0 Å². The van der Waals surface area contributed by atoms with Gasteiger partial charge in [-0.3, -0.25) is 0 Å². The number of aliphatic hydroxyl groups is 1. The lowest BCUT2D eigenvalue weighted by atomic mass is 10.1. The Labute approximate surface area is 155 Å². The maximum Gasteiger partial charge on any atom is 0.330 e. The molecule has 9 heteroatoms. The van der Waals surface area contributed by atoms with Gasteiger partial charge in [-0.25, -0.2) is 13.8 Å². The Balaban J connectivity index is 1.97. The fraction of sp³-hybridized carbons (Fsp3) is 0.0556. The van der Waals surface area contributed by atoms with Crippen molar-refractivity contribution < 1.29 is 28.2 Å². The Morgan fingerprint density at radius 3 is 2.56 bits per heavy atom. The highest BCUT2D eigenvalue weighted by Gasteiger charge is 2.31. The van der Waals surface area contributed by atoms with Crippen LogP contribution in [0.2, 0.25) is 0 Å². The first-order valence-electron chi connectivity index (χ1n) is 7.80. The zero-order valence-corrected chi connectivity index (χ0v) is 14.8. The topological polar surface area (TPSA) is 116 Å². The van der Waals surface area contributed by atoms with Crippen LogP contribution in [0.1, 0.15) is 11.1 Å². The van der Waals surface area contributed by atoms with Gasteiger partial charge < -0.3 is 14.9 Å². The Morgan fingerprint density at radius 2 is 1.93 bits per heavy atom. The second kappa shape index (κ2) is 7.42. The van der Waals surface area contributed by atoms with Crippen molar-refractivity contribution in [1.29, 1.82) is 0 Å². The molecule has 1 heterocycles. The molecule has 27 heavy (non-hydrogen) atoms. The number of hydrogen-bond acceptors (Lipinski definition) is 5. The highest BCUT2D eigenvalue weighted by atomic mass is 32.2. The molecular formula is C18H16N2O6S. The van der Waals surface area contributed by atoms with E-state index < -0.39 is 22.1 Å². The third-order valence-electron chi connectivity index (χ3n) is 3.61. The third-order valence-corrected chi connectivity index (χ3v) is 4.90. The number of nitrogens with zero attached hydrogens (tertiary/aromatic N) is 1. The SMILES string of the molecule is O=C(O)C=Cc1ccc(N2C=C(O)NS2(=O)=O)c(OCc2ccccc2)c1. The monoisotopic (exact) mass is 388 g/mol. The number of carboxylic acids is 1. The van der Waals surface area contributed by atoms with Crippen LogP contribution in [0.25, 0.3) is 6.08 Å². The van der Waals surface area contributed by atoms with Gasteiger partial charge in [0.05, 0.1) is 6.20 Å². The standard InChI is InChI=1S/C18H16N2O6S/c21-17-11-20(27(24,25)19-17)15-8-6-13(7-9-18(22)23)10-16(15)26-12-14-4-2-1-3-5-14/h1-11,19,21H,12H2,(H,22,23). The number of rotatable bonds is 6. The van der Waals surface area contributed by atoms with E-state index in [4.69, 9.17) is 9.84 Å². The molecule has 0 aliphatic carbocycles. The van der Waals surface area contributed by atoms with E-state index in [0.717, 1.165) is 22.1 Å². The minimum atomic E-state index is -3.98. The number of nitrogens with one attached hydrogen (secondary N) is 1. The highest BCUT2D eigenvalue weighted by Crippen LogP contribution is 2.34. The quantitative estimate of drug-likeness (QED) is 0.654. The van der Waals surface area contributed by atoms with Gasteiger partial charge in [-0.05, 0) is 29.3 Å². The Morgan fingerprint density at radius 1 is 1.19 bits per heavy atom. The summed E-state index contributed by atoms with van der Waals surface area (Å²) >= 11 is 0. The molecule has 0 fully saturated rings. The summed E-state index contributed by atoms with van der Waals surface area (Å²) in [5.74, 6) is -1.41. The van der Waals surface area contributed by atoms with Crippen LogP contribution in [0.5, 0.6) is 5.75 Å². The number of benzene rings is 2. The van der Waals surface area contributed by atoms with Crippen LogP contribution >= 0.6 is 0 Å². The molecule has 1 aliphatic rings. The van der Waals surface area contributed by atoms with Crippen LogP contribution in [0, 0.1) is 0 Å². The summed E-state index contributed by atoms with van der Waals surface area (Å²) < 4.78 is 32.9. The maximum atomic E-state index is 12.2. The van der Waals surface area contributed by atoms with E-state index in [0.29, 0.717) is 5.56 Å². The lowest BCUT2D eigenvalue weighted by Crippen LogP contribution is -2.29. The van der Waals surface area contributed by atoms with E-state index in [2.05, 4.69) is 0 Å². The summed E-state index contributed by atoms with van der Waals surface area (Å²) in [6.07, 6.45) is 3.36. The first-order valence-corrected chi connectivity index (χ1v) is 9.24. The lowest BCUT2D eigenvalue weighted by molar-refractivity contribution is -0.131. The summed E-state index contributed by atoms with van der Waals surface area (Å²) in [5.41, 5.74) is 1.56. The Bertz CT molecular complexity index is 1020. The van der Waals surface area contributed by atoms with Crippen molar-refractivity contribution in [3.05, 3.63) is 77.8 Å². The molecule has 3 N–H and O–H groups in total. The smallest absolute Gasteiger partial charge is 0.330 e. The van der Waals surface area contributed by atoms with E-state index in [1.165, 1.54) is 18.2 Å². The number of aliphatic hydroxyl groups excluding tert-OH is 1. The van der Waals surface area contributed by atoms with Gasteiger partial charge in [-0.2, -0.15) is 8.42 Å². The van der Waals surface area contributed by atoms with E-state index in [1.807, 2.05) is 35.1 Å². The molecule has 0 spiro atoms. The fourth-order valence-corrected chi connectivity index (χ4v) is 3.49. The average Bonchev–Trinajstić information content (AvgIpc) is 2.91. The van der Waals surface area contributed by atoms with E-state index >= 15 is 0 Å². The predicted molar refractivity (Wildman–Crippen MR) is 99.1 cm³/mol. The molecule has 140 valence electrons. The number of anilines is 1. The van der Waals surface area contributed by atoms with Gasteiger partial charge in [-0.1, -0.05) is 36.4 Å². The number of carbonyl (C=O) groups is 1. The second-order valence-electron chi connectivity index (χ2n) is 5.59. The molecular weight excluding hydrogens is 372 g/mol. The first-order chi connectivity index (χ1) is 12.8. The largest absolute Gasteiger partial charge is 0.493 e. The van der Waals surface area contributed by atoms with E-state index in [9.17, 15) is 18.3 Å². The van der Waals surface area contributed by atoms with Crippen molar-refractivity contribution in [2.24, 2.45) is 0 Å². The van der Waals surface area contributed by atoms with Crippen molar-refractivity contribution >= 4 is 27.9 Å². The summed E-state index contributed by atoms with van der Waals surface area (Å²) in [5, 5.41) is 18.3. The van der Waals surface area contributed by atoms with Crippen molar-refractivity contribution in [2.45, 2.75) is 6.61 Å². The lowest BCUT2D eigenvalue weighted by Gasteiger charge is -2.19. The van der Waals surface area contributed by atoms with Crippen LogP contribution < -0.4 is 13.8 Å². The molecule has 0 unspecified atom stereocenters. The molecule has 3 rings (SSSR count). The molecule has 1 aliphatic heterocycles. The number of carboxylic acid groups (broad SMARTS) is 1. The zero-order chi connectivity index (χ0) is 19.4. The normalized spacial score (nSPS) is 15.4. The molecule has 0 amide bonds. The first kappa shape index (κ1) is 18.3. The Hall–Kier alpha value is -3.46. The van der Waals surface area contributed by atoms with Crippen LogP contribution in [-0.4, -0.2) is 24.6 Å². The van der Waals surface area contributed by atoms with Crippen molar-refractivity contribution in [2.75, 3.05) is 4.31 Å². The van der Waals surface area contributed by atoms with Gasteiger partial charge in [-0.15, -0.1) is 0 Å². The van der Waals surface area contributed by atoms with Crippen LogP contribution in [0.4, 0.5) is 5.69 Å². The summed E-state index contributed by atoms with van der Waals surface area (Å²) in [4.78, 5) is 10.7. The maximum absolute atomic E-state index is 12.2. The van der Waals surface area contributed by atoms with Gasteiger partial charge in [0.15, 0.2) is 0 Å². The van der Waals surface area contributed by atoms with Gasteiger partial charge in [0.2, 0.25) is 5.88 Å². The zero-order valence-electron chi connectivity index (χ0n) is 13.9. The molecule has 8 nitrogen and oxygen atoms in total. The highest BCUT2D eigenvalue weighted by molar-refractivity contribution is 7.91. The molecule has 0 atom stereocenters. The Kier molecular flexibility index (Phi) is 5.04. The predicted octanol–water partition coefficient (Wildman–Crippen LogP) is 2.37. The molecule has 0 radical (unpaired) electrons. The second-order valence-corrected chi connectivity index (χ2v) is 7.14. The fourth-order valence-electron chi connectivity index (χ4n) is 2.42. The number of ether oxygens (including phenoxy) is 1. The average molecular weight is 388 g/mol. The van der Waals surface area contributed by atoms with Crippen LogP contribution in [0.3, 0.4) is 0 Å². The van der Waals surface area contributed by atoms with E-state index in [1.54, 1.807) is 6.07 Å². The third kappa shape index (κ3) is 4.39. The summed E-state index contributed by atoms with van der Waals surface area (Å²) in [6.45, 7) is 0.178. The number of hydrogen-bond donors (Lipinski definition) is 3. The number of aliphatic carboxylic acids is 1. The molecule has 0 aromatic heterocycles. The summed E-state index contributed by atoms with van der Waals surface area (Å²) in [6, 6.07) is 13.8. The van der Waals surface area contributed by atoms with Crippen LogP contribution in [-0.2, 0) is 21.6 Å². The van der Waals surface area contributed by atoms with Gasteiger partial charge in [0, 0.05) is 6.08 Å². The van der Waals surface area contributed by atoms with Crippen molar-refractivity contribution in [3.8, 4) is 5.75 Å². The minimum absolute atomic E-state index is 0.176. The van der Waals surface area contributed by atoms with E-state index in [-0.39, 0.29) is 18.0 Å². The molecule has 0 bridgehead atoms. The summed E-state index contributed by atoms with van der Waals surface area (Å²) in [7, 11) is -3.98. The minimum Gasteiger partial charge on any atom is -0.493 e. The van der Waals surface area contributed by atoms with Crippen molar-refractivity contribution in [1.82, 2.24) is 4.72 Å². The molecule has 0 saturated carbocycles. The van der Waals surface area contributed by atoms with Crippen LogP contribution in [0.15, 0.2) is 66.7 Å². The molecule has 0 saturated heterocycles.